The monoisotopic (exact) mass is 401 g/mol. The van der Waals surface area contributed by atoms with Crippen LogP contribution in [0.4, 0.5) is 0 Å². The molecule has 0 bridgehead atoms. The van der Waals surface area contributed by atoms with Crippen molar-refractivity contribution in [2.75, 3.05) is 26.2 Å². The third-order valence-corrected chi connectivity index (χ3v) is 5.28. The molecule has 2 aromatic heterocycles. The molecule has 3 N–H and O–H groups in total. The molecule has 4 rings (SSSR count). The van der Waals surface area contributed by atoms with Gasteiger partial charge in [-0.25, -0.2) is 9.78 Å². The molecule has 142 valence electrons. The second-order valence-corrected chi connectivity index (χ2v) is 6.75. The van der Waals surface area contributed by atoms with E-state index in [1.165, 1.54) is 18.7 Å². The lowest BCUT2D eigenvalue weighted by Gasteiger charge is -2.38. The molecule has 0 aliphatic carbocycles. The van der Waals surface area contributed by atoms with E-state index in [0.29, 0.717) is 11.0 Å². The molecule has 2 fully saturated rings. The number of pyridine rings is 1. The minimum Gasteiger partial charge on any atom is -0.339 e. The quantitative estimate of drug-likeness (QED) is 0.650. The predicted molar refractivity (Wildman–Crippen MR) is 103 cm³/mol. The van der Waals surface area contributed by atoms with Gasteiger partial charge in [-0.3, -0.25) is 19.6 Å². The van der Waals surface area contributed by atoms with E-state index in [0.717, 1.165) is 39.0 Å². The Hall–Kier alpha value is -1.90. The number of hydrogen-bond acceptors (Lipinski definition) is 5. The molecule has 0 unspecified atom stereocenters. The maximum Gasteiger partial charge on any atom is 0.327 e. The summed E-state index contributed by atoms with van der Waals surface area (Å²) < 4.78 is 0. The van der Waals surface area contributed by atoms with Gasteiger partial charge >= 0.3 is 5.69 Å². The number of aromatic amines is 2. The molecule has 0 atom stereocenters. The van der Waals surface area contributed by atoms with Crippen molar-refractivity contribution in [3.05, 3.63) is 38.7 Å². The maximum absolute atomic E-state index is 12.7. The van der Waals surface area contributed by atoms with Crippen LogP contribution in [0.5, 0.6) is 0 Å². The topological polar surface area (TPSA) is 111 Å². The summed E-state index contributed by atoms with van der Waals surface area (Å²) in [5.74, 6) is -0.115. The Labute approximate surface area is 161 Å². The van der Waals surface area contributed by atoms with E-state index in [9.17, 15) is 14.4 Å². The SMILES string of the molecule is Cl.Cl.O=C(c1cnc2[nH]c(=O)[nH]c(=O)c2c1)N1CCC2(CCNC2)CC1. The number of aromatic nitrogens is 3. The van der Waals surface area contributed by atoms with Gasteiger partial charge in [0.05, 0.1) is 10.9 Å². The van der Waals surface area contributed by atoms with E-state index in [1.54, 1.807) is 0 Å². The highest BCUT2D eigenvalue weighted by Crippen LogP contribution is 2.37. The van der Waals surface area contributed by atoms with E-state index >= 15 is 0 Å². The molecule has 8 nitrogen and oxygen atoms in total. The molecule has 2 aliphatic heterocycles. The van der Waals surface area contributed by atoms with Gasteiger partial charge < -0.3 is 10.2 Å². The minimum absolute atomic E-state index is 0. The van der Waals surface area contributed by atoms with Crippen LogP contribution in [0, 0.1) is 5.41 Å². The van der Waals surface area contributed by atoms with Crippen molar-refractivity contribution in [2.24, 2.45) is 5.41 Å². The summed E-state index contributed by atoms with van der Waals surface area (Å²) in [5.41, 5.74) is -0.235. The fraction of sp³-hybridized carbons (Fsp3) is 0.500. The van der Waals surface area contributed by atoms with E-state index in [1.807, 2.05) is 4.90 Å². The van der Waals surface area contributed by atoms with E-state index < -0.39 is 11.2 Å². The average Bonchev–Trinajstić information content (AvgIpc) is 3.03. The lowest BCUT2D eigenvalue weighted by Crippen LogP contribution is -2.44. The summed E-state index contributed by atoms with van der Waals surface area (Å²) in [4.78, 5) is 46.3. The third kappa shape index (κ3) is 3.62. The molecule has 1 spiro atoms. The number of nitrogens with zero attached hydrogens (tertiary/aromatic N) is 2. The first-order chi connectivity index (χ1) is 11.6. The van der Waals surface area contributed by atoms with Gasteiger partial charge in [-0.05, 0) is 37.3 Å². The van der Waals surface area contributed by atoms with Crippen LogP contribution in [-0.4, -0.2) is 51.9 Å². The summed E-state index contributed by atoms with van der Waals surface area (Å²) in [6, 6.07) is 1.50. The molecular weight excluding hydrogens is 381 g/mol. The first-order valence-electron chi connectivity index (χ1n) is 8.19. The number of rotatable bonds is 1. The summed E-state index contributed by atoms with van der Waals surface area (Å²) in [7, 11) is 0. The first kappa shape index (κ1) is 20.4. The molecule has 2 saturated heterocycles. The molecule has 2 aromatic rings. The fourth-order valence-electron chi connectivity index (χ4n) is 3.75. The number of nitrogens with one attached hydrogen (secondary N) is 3. The Morgan fingerprint density at radius 1 is 1.12 bits per heavy atom. The molecule has 2 aliphatic rings. The van der Waals surface area contributed by atoms with E-state index in [2.05, 4.69) is 20.3 Å². The molecule has 26 heavy (non-hydrogen) atoms. The summed E-state index contributed by atoms with van der Waals surface area (Å²) >= 11 is 0. The molecule has 4 heterocycles. The van der Waals surface area contributed by atoms with Crippen molar-refractivity contribution in [1.82, 2.24) is 25.2 Å². The molecule has 1 amide bonds. The number of likely N-dealkylation sites (tertiary alicyclic amines) is 1. The largest absolute Gasteiger partial charge is 0.339 e. The normalized spacial score (nSPS) is 18.4. The van der Waals surface area contributed by atoms with Gasteiger partial charge in [0, 0.05) is 25.8 Å². The van der Waals surface area contributed by atoms with Crippen LogP contribution >= 0.6 is 24.8 Å². The minimum atomic E-state index is -0.606. The number of carbonyl (C=O) groups is 1. The van der Waals surface area contributed by atoms with Gasteiger partial charge in [0.1, 0.15) is 5.65 Å². The first-order valence-corrected chi connectivity index (χ1v) is 8.19. The zero-order chi connectivity index (χ0) is 16.7. The van der Waals surface area contributed by atoms with Gasteiger partial charge in [-0.1, -0.05) is 0 Å². The van der Waals surface area contributed by atoms with Crippen LogP contribution in [0.15, 0.2) is 21.9 Å². The van der Waals surface area contributed by atoms with E-state index in [-0.39, 0.29) is 41.8 Å². The summed E-state index contributed by atoms with van der Waals surface area (Å²) in [6.45, 7) is 3.54. The smallest absolute Gasteiger partial charge is 0.327 e. The number of fused-ring (bicyclic) bond motifs is 1. The Morgan fingerprint density at radius 2 is 1.85 bits per heavy atom. The van der Waals surface area contributed by atoms with Crippen molar-refractivity contribution in [3.8, 4) is 0 Å². The van der Waals surface area contributed by atoms with E-state index in [4.69, 9.17) is 0 Å². The molecule has 10 heteroatoms. The number of H-pyrrole nitrogens is 2. The molecule has 0 saturated carbocycles. The third-order valence-electron chi connectivity index (χ3n) is 5.28. The van der Waals surface area contributed by atoms with Crippen molar-refractivity contribution < 1.29 is 4.79 Å². The van der Waals surface area contributed by atoms with Gasteiger partial charge in [0.25, 0.3) is 11.5 Å². The van der Waals surface area contributed by atoms with Gasteiger partial charge in [0.2, 0.25) is 0 Å². The Kier molecular flexibility index (Phi) is 6.10. The summed E-state index contributed by atoms with van der Waals surface area (Å²) in [5, 5.41) is 3.63. The van der Waals surface area contributed by atoms with Crippen LogP contribution in [0.2, 0.25) is 0 Å². The zero-order valence-corrected chi connectivity index (χ0v) is 15.7. The Balaban J connectivity index is 0.00000121. The van der Waals surface area contributed by atoms with Crippen LogP contribution in [-0.2, 0) is 0 Å². The van der Waals surface area contributed by atoms with Crippen LogP contribution in [0.3, 0.4) is 0 Å². The Morgan fingerprint density at radius 3 is 2.50 bits per heavy atom. The van der Waals surface area contributed by atoms with Crippen molar-refractivity contribution in [2.45, 2.75) is 19.3 Å². The molecular formula is C16H21Cl2N5O3. The van der Waals surface area contributed by atoms with Crippen molar-refractivity contribution in [1.29, 1.82) is 0 Å². The molecule has 0 radical (unpaired) electrons. The second-order valence-electron chi connectivity index (χ2n) is 6.75. The highest BCUT2D eigenvalue weighted by atomic mass is 35.5. The predicted octanol–water partition coefficient (Wildman–Crippen LogP) is 0.671. The lowest BCUT2D eigenvalue weighted by molar-refractivity contribution is 0.0607. The van der Waals surface area contributed by atoms with Crippen molar-refractivity contribution >= 4 is 41.8 Å². The average molecular weight is 402 g/mol. The lowest BCUT2D eigenvalue weighted by atomic mass is 9.78. The number of amides is 1. The number of carbonyl (C=O) groups excluding carboxylic acids is 1. The van der Waals surface area contributed by atoms with Crippen LogP contribution in [0.25, 0.3) is 11.0 Å². The highest BCUT2D eigenvalue weighted by molar-refractivity contribution is 5.96. The van der Waals surface area contributed by atoms with Crippen LogP contribution < -0.4 is 16.6 Å². The zero-order valence-electron chi connectivity index (χ0n) is 14.0. The number of hydrogen-bond donors (Lipinski definition) is 3. The number of piperidine rings is 1. The van der Waals surface area contributed by atoms with Gasteiger partial charge in [-0.2, -0.15) is 0 Å². The Bertz CT molecular complexity index is 910. The maximum atomic E-state index is 12.7. The molecule has 0 aromatic carbocycles. The highest BCUT2D eigenvalue weighted by Gasteiger charge is 2.38. The number of halogens is 2. The second kappa shape index (κ2) is 7.77. The fourth-order valence-corrected chi connectivity index (χ4v) is 3.75. The van der Waals surface area contributed by atoms with Gasteiger partial charge in [-0.15, -0.1) is 24.8 Å². The van der Waals surface area contributed by atoms with Crippen LogP contribution in [0.1, 0.15) is 29.6 Å². The summed E-state index contributed by atoms with van der Waals surface area (Å²) in [6.07, 6.45) is 4.60. The van der Waals surface area contributed by atoms with Gasteiger partial charge in [0.15, 0.2) is 0 Å². The van der Waals surface area contributed by atoms with Crippen molar-refractivity contribution in [3.63, 3.8) is 0 Å². The standard InChI is InChI=1S/C16H19N5O3.2ClH/c22-13-11-7-10(8-18-12(11)19-15(24)20-13)14(23)21-5-2-16(3-6-21)1-4-17-9-16;;/h7-8,17H,1-6,9H2,(H2,18,19,20,22,24);2*1H.